The summed E-state index contributed by atoms with van der Waals surface area (Å²) in [5.41, 5.74) is 7.34. The SMILES string of the molecule is Cc1cc(C[C@@H](NC(=O)OC(C)(C)C)C(=O)O)ccc1N. The quantitative estimate of drug-likeness (QED) is 0.738. The van der Waals surface area contributed by atoms with Gasteiger partial charge >= 0.3 is 12.1 Å². The summed E-state index contributed by atoms with van der Waals surface area (Å²) in [7, 11) is 0. The third-order valence-electron chi connectivity index (χ3n) is 2.76. The smallest absolute Gasteiger partial charge is 0.408 e. The summed E-state index contributed by atoms with van der Waals surface area (Å²) in [6.45, 7) is 6.99. The molecule has 0 bridgehead atoms. The van der Waals surface area contributed by atoms with Crippen LogP contribution in [0.1, 0.15) is 31.9 Å². The third kappa shape index (κ3) is 5.72. The maximum absolute atomic E-state index is 11.7. The minimum Gasteiger partial charge on any atom is -0.480 e. The average Bonchev–Trinajstić information content (AvgIpc) is 2.30. The fourth-order valence-corrected chi connectivity index (χ4v) is 1.75. The van der Waals surface area contributed by atoms with Gasteiger partial charge in [0.05, 0.1) is 0 Å². The van der Waals surface area contributed by atoms with Gasteiger partial charge in [0.15, 0.2) is 0 Å². The molecule has 0 saturated heterocycles. The average molecular weight is 294 g/mol. The maximum Gasteiger partial charge on any atom is 0.408 e. The number of nitrogens with two attached hydrogens (primary N) is 1. The second-order valence-corrected chi connectivity index (χ2v) is 5.93. The number of alkyl carbamates (subject to hydrolysis) is 1. The molecule has 1 aromatic carbocycles. The Morgan fingerprint density at radius 2 is 2.00 bits per heavy atom. The standard InChI is InChI=1S/C15H22N2O4/c1-9-7-10(5-6-11(9)16)8-12(13(18)19)17-14(20)21-15(2,3)4/h5-7,12H,8,16H2,1-4H3,(H,17,20)(H,18,19)/t12-/m1/s1. The maximum atomic E-state index is 11.7. The molecule has 1 amide bonds. The highest BCUT2D eigenvalue weighted by molar-refractivity contribution is 5.80. The van der Waals surface area contributed by atoms with Crippen molar-refractivity contribution < 1.29 is 19.4 Å². The van der Waals surface area contributed by atoms with Crippen LogP contribution in [0.4, 0.5) is 10.5 Å². The van der Waals surface area contributed by atoms with Crippen LogP contribution in [-0.4, -0.2) is 28.8 Å². The molecule has 0 aromatic heterocycles. The first-order valence-corrected chi connectivity index (χ1v) is 6.66. The lowest BCUT2D eigenvalue weighted by molar-refractivity contribution is -0.139. The molecule has 0 aliphatic heterocycles. The zero-order valence-electron chi connectivity index (χ0n) is 12.8. The molecular formula is C15H22N2O4. The van der Waals surface area contributed by atoms with Gasteiger partial charge in [0.2, 0.25) is 0 Å². The molecule has 1 atom stereocenters. The Bertz CT molecular complexity index is 535. The topological polar surface area (TPSA) is 102 Å². The zero-order valence-corrected chi connectivity index (χ0v) is 12.8. The molecule has 116 valence electrons. The van der Waals surface area contributed by atoms with Gasteiger partial charge < -0.3 is 20.9 Å². The lowest BCUT2D eigenvalue weighted by Gasteiger charge is -2.22. The number of carboxylic acids is 1. The lowest BCUT2D eigenvalue weighted by atomic mass is 10.0. The Labute approximate surface area is 124 Å². The van der Waals surface area contributed by atoms with Crippen LogP contribution in [0.25, 0.3) is 0 Å². The van der Waals surface area contributed by atoms with Crippen LogP contribution in [0, 0.1) is 6.92 Å². The number of carbonyl (C=O) groups excluding carboxylic acids is 1. The summed E-state index contributed by atoms with van der Waals surface area (Å²) >= 11 is 0. The van der Waals surface area contributed by atoms with Gasteiger partial charge in [-0.2, -0.15) is 0 Å². The summed E-state index contributed by atoms with van der Waals surface area (Å²) in [6.07, 6.45) is -0.586. The van der Waals surface area contributed by atoms with Crippen molar-refractivity contribution in [2.24, 2.45) is 0 Å². The van der Waals surface area contributed by atoms with Crippen molar-refractivity contribution in [1.82, 2.24) is 5.32 Å². The van der Waals surface area contributed by atoms with Crippen molar-refractivity contribution in [3.05, 3.63) is 29.3 Å². The number of ether oxygens (including phenoxy) is 1. The van der Waals surface area contributed by atoms with E-state index in [2.05, 4.69) is 5.32 Å². The summed E-state index contributed by atoms with van der Waals surface area (Å²) in [5, 5.41) is 11.6. The Morgan fingerprint density at radius 1 is 1.38 bits per heavy atom. The minimum atomic E-state index is -1.12. The Kier molecular flexibility index (Phi) is 5.18. The van der Waals surface area contributed by atoms with E-state index in [0.717, 1.165) is 11.1 Å². The lowest BCUT2D eigenvalue weighted by Crippen LogP contribution is -2.44. The van der Waals surface area contributed by atoms with E-state index in [9.17, 15) is 14.7 Å². The summed E-state index contributed by atoms with van der Waals surface area (Å²) in [4.78, 5) is 22.9. The highest BCUT2D eigenvalue weighted by Crippen LogP contribution is 2.14. The van der Waals surface area contributed by atoms with E-state index in [4.69, 9.17) is 10.5 Å². The van der Waals surface area contributed by atoms with E-state index in [0.29, 0.717) is 5.69 Å². The Morgan fingerprint density at radius 3 is 2.48 bits per heavy atom. The Balaban J connectivity index is 2.76. The number of anilines is 1. The normalized spacial score (nSPS) is 12.6. The number of amides is 1. The predicted molar refractivity (Wildman–Crippen MR) is 80.1 cm³/mol. The molecule has 6 heteroatoms. The van der Waals surface area contributed by atoms with Crippen molar-refractivity contribution >= 4 is 17.7 Å². The molecule has 0 unspecified atom stereocenters. The van der Waals surface area contributed by atoms with Crippen LogP contribution >= 0.6 is 0 Å². The highest BCUT2D eigenvalue weighted by Gasteiger charge is 2.24. The number of aliphatic carboxylic acids is 1. The van der Waals surface area contributed by atoms with Gasteiger partial charge in [-0.1, -0.05) is 12.1 Å². The fraction of sp³-hybridized carbons (Fsp3) is 0.467. The van der Waals surface area contributed by atoms with Gasteiger partial charge in [-0.05, 0) is 44.9 Å². The summed E-state index contributed by atoms with van der Waals surface area (Å²) in [5.74, 6) is -1.12. The first-order chi connectivity index (χ1) is 9.58. The van der Waals surface area contributed by atoms with Crippen LogP contribution in [0.5, 0.6) is 0 Å². The summed E-state index contributed by atoms with van der Waals surface area (Å²) < 4.78 is 5.07. The second-order valence-electron chi connectivity index (χ2n) is 5.93. The van der Waals surface area contributed by atoms with Crippen molar-refractivity contribution in [1.29, 1.82) is 0 Å². The number of aryl methyl sites for hydroxylation is 1. The molecule has 1 rings (SSSR count). The predicted octanol–water partition coefficient (Wildman–Crippen LogP) is 2.10. The van der Waals surface area contributed by atoms with Crippen LogP contribution in [0.2, 0.25) is 0 Å². The number of nitrogen functional groups attached to an aromatic ring is 1. The molecule has 4 N–H and O–H groups in total. The number of nitrogens with one attached hydrogen (secondary N) is 1. The van der Waals surface area contributed by atoms with Crippen LogP contribution in [-0.2, 0) is 16.0 Å². The number of hydrogen-bond donors (Lipinski definition) is 3. The first-order valence-electron chi connectivity index (χ1n) is 6.66. The van der Waals surface area contributed by atoms with Gasteiger partial charge in [0, 0.05) is 12.1 Å². The number of benzene rings is 1. The van der Waals surface area contributed by atoms with Gasteiger partial charge in [-0.25, -0.2) is 9.59 Å². The van der Waals surface area contributed by atoms with E-state index in [1.165, 1.54) is 0 Å². The molecule has 0 fully saturated rings. The monoisotopic (exact) mass is 294 g/mol. The van der Waals surface area contributed by atoms with Gasteiger partial charge in [-0.15, -0.1) is 0 Å². The number of carbonyl (C=O) groups is 2. The largest absolute Gasteiger partial charge is 0.480 e. The van der Waals surface area contributed by atoms with Crippen molar-refractivity contribution in [3.8, 4) is 0 Å². The van der Waals surface area contributed by atoms with E-state index < -0.39 is 23.7 Å². The zero-order chi connectivity index (χ0) is 16.2. The molecule has 0 radical (unpaired) electrons. The Hall–Kier alpha value is -2.24. The number of carboxylic acid groups (broad SMARTS) is 1. The molecular weight excluding hydrogens is 272 g/mol. The van der Waals surface area contributed by atoms with Gasteiger partial charge in [-0.3, -0.25) is 0 Å². The van der Waals surface area contributed by atoms with E-state index in [1.54, 1.807) is 32.9 Å². The molecule has 0 aliphatic carbocycles. The molecule has 6 nitrogen and oxygen atoms in total. The van der Waals surface area contributed by atoms with E-state index in [-0.39, 0.29) is 6.42 Å². The molecule has 0 aliphatic rings. The number of rotatable bonds is 4. The van der Waals surface area contributed by atoms with E-state index in [1.807, 2.05) is 13.0 Å². The van der Waals surface area contributed by atoms with Crippen molar-refractivity contribution in [2.75, 3.05) is 5.73 Å². The number of hydrogen-bond acceptors (Lipinski definition) is 4. The summed E-state index contributed by atoms with van der Waals surface area (Å²) in [6, 6.07) is 4.22. The molecule has 21 heavy (non-hydrogen) atoms. The fourth-order valence-electron chi connectivity index (χ4n) is 1.75. The van der Waals surface area contributed by atoms with Gasteiger partial charge in [0.1, 0.15) is 11.6 Å². The van der Waals surface area contributed by atoms with Crippen LogP contribution < -0.4 is 11.1 Å². The molecule has 0 heterocycles. The molecule has 0 saturated carbocycles. The minimum absolute atomic E-state index is 0.162. The van der Waals surface area contributed by atoms with E-state index >= 15 is 0 Å². The third-order valence-corrected chi connectivity index (χ3v) is 2.76. The highest BCUT2D eigenvalue weighted by atomic mass is 16.6. The molecule has 1 aromatic rings. The van der Waals surface area contributed by atoms with Crippen LogP contribution in [0.15, 0.2) is 18.2 Å². The van der Waals surface area contributed by atoms with Crippen molar-refractivity contribution in [3.63, 3.8) is 0 Å². The second kappa shape index (κ2) is 6.47. The molecule has 0 spiro atoms. The first kappa shape index (κ1) is 16.8. The van der Waals surface area contributed by atoms with Crippen molar-refractivity contribution in [2.45, 2.75) is 45.8 Å². The van der Waals surface area contributed by atoms with Crippen LogP contribution in [0.3, 0.4) is 0 Å². The van der Waals surface area contributed by atoms with Gasteiger partial charge in [0.25, 0.3) is 0 Å².